The van der Waals surface area contributed by atoms with Crippen molar-refractivity contribution < 1.29 is 13.2 Å². The van der Waals surface area contributed by atoms with Crippen LogP contribution in [-0.2, 0) is 13.2 Å². The first-order valence-electron chi connectivity index (χ1n) is 6.20. The van der Waals surface area contributed by atoms with E-state index >= 15 is 0 Å². The van der Waals surface area contributed by atoms with Crippen molar-refractivity contribution in [3.05, 3.63) is 47.5 Å². The van der Waals surface area contributed by atoms with Crippen molar-refractivity contribution in [2.24, 2.45) is 7.05 Å². The zero-order valence-corrected chi connectivity index (χ0v) is 11.5. The molecule has 0 radical (unpaired) electrons. The Hall–Kier alpha value is -1.98. The number of anilines is 1. The third-order valence-electron chi connectivity index (χ3n) is 3.17. The monoisotopic (exact) mass is 283 g/mol. The van der Waals surface area contributed by atoms with Gasteiger partial charge >= 0.3 is 6.18 Å². The van der Waals surface area contributed by atoms with Gasteiger partial charge in [-0.3, -0.25) is 0 Å². The average Bonchev–Trinajstić information content (AvgIpc) is 2.76. The highest BCUT2D eigenvalue weighted by Gasteiger charge is 2.32. The minimum absolute atomic E-state index is 0.182. The summed E-state index contributed by atoms with van der Waals surface area (Å²) in [4.78, 5) is 4.18. The second kappa shape index (κ2) is 5.19. The van der Waals surface area contributed by atoms with Gasteiger partial charge in [-0.1, -0.05) is 6.07 Å². The molecular weight excluding hydrogens is 267 g/mol. The highest BCUT2D eigenvalue weighted by molar-refractivity contribution is 5.50. The Labute approximate surface area is 115 Å². The fourth-order valence-electron chi connectivity index (χ4n) is 2.13. The summed E-state index contributed by atoms with van der Waals surface area (Å²) in [6, 6.07) is 4.06. The first-order chi connectivity index (χ1) is 9.29. The Kier molecular flexibility index (Phi) is 3.74. The molecule has 0 aliphatic heterocycles. The van der Waals surface area contributed by atoms with E-state index in [1.807, 2.05) is 18.5 Å². The van der Waals surface area contributed by atoms with Crippen LogP contribution in [0.4, 0.5) is 18.9 Å². The van der Waals surface area contributed by atoms with Crippen molar-refractivity contribution in [2.75, 3.05) is 5.32 Å². The zero-order chi connectivity index (χ0) is 14.9. The van der Waals surface area contributed by atoms with Crippen molar-refractivity contribution in [2.45, 2.75) is 26.1 Å². The number of rotatable bonds is 3. The Morgan fingerprint density at radius 1 is 1.30 bits per heavy atom. The molecule has 0 fully saturated rings. The molecule has 1 N–H and O–H groups in total. The smallest absolute Gasteiger partial charge is 0.375 e. The van der Waals surface area contributed by atoms with E-state index in [-0.39, 0.29) is 11.6 Å². The molecule has 2 rings (SSSR count). The van der Waals surface area contributed by atoms with Crippen LogP contribution in [0.1, 0.15) is 29.9 Å². The summed E-state index contributed by atoms with van der Waals surface area (Å²) >= 11 is 0. The van der Waals surface area contributed by atoms with Gasteiger partial charge in [-0.05, 0) is 31.5 Å². The first-order valence-corrected chi connectivity index (χ1v) is 6.20. The molecule has 0 bridgehead atoms. The molecule has 1 aromatic carbocycles. The molecule has 0 saturated heterocycles. The predicted molar refractivity (Wildman–Crippen MR) is 71.4 cm³/mol. The molecule has 1 atom stereocenters. The molecule has 3 nitrogen and oxygen atoms in total. The molecule has 0 aliphatic carbocycles. The maximum atomic E-state index is 12.9. The molecule has 0 amide bonds. The van der Waals surface area contributed by atoms with E-state index in [1.165, 1.54) is 13.0 Å². The van der Waals surface area contributed by atoms with E-state index in [0.717, 1.165) is 11.9 Å². The molecule has 108 valence electrons. The zero-order valence-electron chi connectivity index (χ0n) is 11.5. The van der Waals surface area contributed by atoms with Crippen LogP contribution in [0, 0.1) is 6.92 Å². The normalized spacial score (nSPS) is 13.3. The number of aromatic nitrogens is 2. The van der Waals surface area contributed by atoms with E-state index in [1.54, 1.807) is 18.5 Å². The molecule has 1 unspecified atom stereocenters. The van der Waals surface area contributed by atoms with Crippen LogP contribution < -0.4 is 5.32 Å². The largest absolute Gasteiger partial charge is 0.416 e. The van der Waals surface area contributed by atoms with Crippen molar-refractivity contribution in [3.8, 4) is 0 Å². The third kappa shape index (κ3) is 2.95. The topological polar surface area (TPSA) is 29.9 Å². The fourth-order valence-corrected chi connectivity index (χ4v) is 2.13. The lowest BCUT2D eigenvalue weighted by Gasteiger charge is -2.17. The Morgan fingerprint density at radius 2 is 2.00 bits per heavy atom. The van der Waals surface area contributed by atoms with E-state index < -0.39 is 11.7 Å². The van der Waals surface area contributed by atoms with Crippen molar-refractivity contribution in [1.82, 2.24) is 9.55 Å². The molecule has 2 aromatic rings. The van der Waals surface area contributed by atoms with Crippen molar-refractivity contribution >= 4 is 5.69 Å². The van der Waals surface area contributed by atoms with Gasteiger partial charge < -0.3 is 9.88 Å². The summed E-state index contributed by atoms with van der Waals surface area (Å²) in [6.07, 6.45) is -0.887. The second-order valence-electron chi connectivity index (χ2n) is 4.79. The molecule has 0 saturated carbocycles. The van der Waals surface area contributed by atoms with Gasteiger partial charge in [0.1, 0.15) is 5.82 Å². The summed E-state index contributed by atoms with van der Waals surface area (Å²) in [5.41, 5.74) is 0.0284. The molecule has 6 heteroatoms. The summed E-state index contributed by atoms with van der Waals surface area (Å²) in [6.45, 7) is 3.31. The second-order valence-corrected chi connectivity index (χ2v) is 4.79. The maximum Gasteiger partial charge on any atom is 0.416 e. The first kappa shape index (κ1) is 14.4. The lowest BCUT2D eigenvalue weighted by molar-refractivity contribution is -0.138. The maximum absolute atomic E-state index is 12.9. The summed E-state index contributed by atoms with van der Waals surface area (Å²) in [5.74, 6) is 0.763. The molecular formula is C14H16F3N3. The van der Waals surface area contributed by atoms with Crippen LogP contribution in [0.15, 0.2) is 30.6 Å². The van der Waals surface area contributed by atoms with Crippen molar-refractivity contribution in [3.63, 3.8) is 0 Å². The predicted octanol–water partition coefficient (Wildman–Crippen LogP) is 3.92. The van der Waals surface area contributed by atoms with Gasteiger partial charge in [0, 0.05) is 25.1 Å². The van der Waals surface area contributed by atoms with Gasteiger partial charge in [0.25, 0.3) is 0 Å². The molecule has 1 heterocycles. The van der Waals surface area contributed by atoms with Crippen LogP contribution >= 0.6 is 0 Å². The Balaban J connectivity index is 2.25. The number of benzene rings is 1. The molecule has 20 heavy (non-hydrogen) atoms. The number of nitrogens with zero attached hydrogens (tertiary/aromatic N) is 2. The number of aryl methyl sites for hydroxylation is 2. The minimum Gasteiger partial charge on any atom is -0.375 e. The van der Waals surface area contributed by atoms with Crippen LogP contribution in [0.5, 0.6) is 0 Å². The highest BCUT2D eigenvalue weighted by atomic mass is 19.4. The Morgan fingerprint density at radius 3 is 2.55 bits per heavy atom. The van der Waals surface area contributed by atoms with Crippen LogP contribution in [0.3, 0.4) is 0 Å². The average molecular weight is 283 g/mol. The van der Waals surface area contributed by atoms with Crippen molar-refractivity contribution in [1.29, 1.82) is 0 Å². The number of hydrogen-bond acceptors (Lipinski definition) is 2. The van der Waals surface area contributed by atoms with E-state index in [2.05, 4.69) is 10.3 Å². The summed E-state index contributed by atoms with van der Waals surface area (Å²) in [5, 5.41) is 3.04. The van der Waals surface area contributed by atoms with E-state index in [4.69, 9.17) is 0 Å². The number of imidazole rings is 1. The molecule has 0 spiro atoms. The standard InChI is InChI=1S/C14H16F3N3/c1-9-4-5-11(8-12(9)14(15,16)17)19-10(2)13-18-6-7-20(13)3/h4-8,10,19H,1-3H3. The number of nitrogens with one attached hydrogen (secondary N) is 1. The van der Waals surface area contributed by atoms with Crippen LogP contribution in [0.2, 0.25) is 0 Å². The Bertz CT molecular complexity index is 602. The summed E-state index contributed by atoms with van der Waals surface area (Å²) in [7, 11) is 1.84. The van der Waals surface area contributed by atoms with E-state index in [0.29, 0.717) is 5.69 Å². The number of hydrogen-bond donors (Lipinski definition) is 1. The summed E-state index contributed by atoms with van der Waals surface area (Å²) < 4.78 is 40.4. The quantitative estimate of drug-likeness (QED) is 0.925. The van der Waals surface area contributed by atoms with Gasteiger partial charge in [-0.15, -0.1) is 0 Å². The molecule has 1 aromatic heterocycles. The lowest BCUT2D eigenvalue weighted by Crippen LogP contribution is -2.13. The lowest BCUT2D eigenvalue weighted by atomic mass is 10.1. The van der Waals surface area contributed by atoms with Gasteiger partial charge in [0.05, 0.1) is 11.6 Å². The van der Waals surface area contributed by atoms with Crippen LogP contribution in [-0.4, -0.2) is 9.55 Å². The van der Waals surface area contributed by atoms with Gasteiger partial charge in [-0.25, -0.2) is 4.98 Å². The number of halogens is 3. The molecule has 0 aliphatic rings. The van der Waals surface area contributed by atoms with Gasteiger partial charge in [0.15, 0.2) is 0 Å². The van der Waals surface area contributed by atoms with Crippen LogP contribution in [0.25, 0.3) is 0 Å². The minimum atomic E-state index is -4.34. The SMILES string of the molecule is Cc1ccc(NC(C)c2nccn2C)cc1C(F)(F)F. The highest BCUT2D eigenvalue weighted by Crippen LogP contribution is 2.34. The number of alkyl halides is 3. The van der Waals surface area contributed by atoms with E-state index in [9.17, 15) is 13.2 Å². The van der Waals surface area contributed by atoms with Gasteiger partial charge in [-0.2, -0.15) is 13.2 Å². The van der Waals surface area contributed by atoms with Gasteiger partial charge in [0.2, 0.25) is 0 Å². The third-order valence-corrected chi connectivity index (χ3v) is 3.17. The fraction of sp³-hybridized carbons (Fsp3) is 0.357.